The summed E-state index contributed by atoms with van der Waals surface area (Å²) in [4.78, 5) is 16.1. The first-order chi connectivity index (χ1) is 9.52. The van der Waals surface area contributed by atoms with Crippen molar-refractivity contribution in [1.82, 2.24) is 4.98 Å². The highest BCUT2D eigenvalue weighted by Gasteiger charge is 2.15. The molecule has 0 bridgehead atoms. The normalized spacial score (nSPS) is 10.2. The molecule has 0 saturated carbocycles. The number of nitrogens with one attached hydrogen (secondary N) is 1. The number of aryl methyl sites for hydroxylation is 1. The van der Waals surface area contributed by atoms with E-state index in [1.54, 1.807) is 25.3 Å². The van der Waals surface area contributed by atoms with Gasteiger partial charge in [0.1, 0.15) is 11.5 Å². The Balaban J connectivity index is 2.33. The average Bonchev–Trinajstić information content (AvgIpc) is 2.43. The highest BCUT2D eigenvalue weighted by molar-refractivity contribution is 6.33. The number of carbonyl (C=O) groups excluding carboxylic acids is 1. The molecule has 0 spiro atoms. The third-order valence-corrected chi connectivity index (χ3v) is 3.09. The summed E-state index contributed by atoms with van der Waals surface area (Å²) in [6.07, 6.45) is 1.55. The summed E-state index contributed by atoms with van der Waals surface area (Å²) < 4.78 is 5.03. The van der Waals surface area contributed by atoms with Crippen LogP contribution < -0.4 is 10.1 Å². The summed E-state index contributed by atoms with van der Waals surface area (Å²) >= 11 is 5.95. The summed E-state index contributed by atoms with van der Waals surface area (Å²) in [7, 11) is 1.48. The zero-order valence-corrected chi connectivity index (χ0v) is 11.7. The molecule has 2 N–H and O–H groups in total. The van der Waals surface area contributed by atoms with Crippen molar-refractivity contribution < 1.29 is 14.6 Å². The zero-order valence-electron chi connectivity index (χ0n) is 11.0. The Morgan fingerprint density at radius 3 is 2.80 bits per heavy atom. The van der Waals surface area contributed by atoms with E-state index < -0.39 is 5.91 Å². The van der Waals surface area contributed by atoms with E-state index in [1.165, 1.54) is 19.2 Å². The topological polar surface area (TPSA) is 71.5 Å². The standard InChI is InChI=1S/C14H13ClN2O3/c1-8-5-6-16-13(15)12(8)17-14(19)10-7-9(20-2)3-4-11(10)18/h3-7,18H,1-2H3,(H,17,19). The molecule has 2 rings (SSSR count). The van der Waals surface area contributed by atoms with Crippen molar-refractivity contribution in [2.75, 3.05) is 12.4 Å². The van der Waals surface area contributed by atoms with Gasteiger partial charge in [0.05, 0.1) is 18.4 Å². The van der Waals surface area contributed by atoms with Gasteiger partial charge >= 0.3 is 0 Å². The molecule has 104 valence electrons. The van der Waals surface area contributed by atoms with Gasteiger partial charge in [0, 0.05) is 6.20 Å². The highest BCUT2D eigenvalue weighted by atomic mass is 35.5. The van der Waals surface area contributed by atoms with Crippen LogP contribution in [-0.4, -0.2) is 23.1 Å². The molecule has 0 aliphatic rings. The maximum Gasteiger partial charge on any atom is 0.259 e. The Hall–Kier alpha value is -2.27. The zero-order chi connectivity index (χ0) is 14.7. The van der Waals surface area contributed by atoms with Gasteiger partial charge in [-0.2, -0.15) is 0 Å². The number of anilines is 1. The van der Waals surface area contributed by atoms with Crippen molar-refractivity contribution in [3.63, 3.8) is 0 Å². The summed E-state index contributed by atoms with van der Waals surface area (Å²) in [5, 5.41) is 12.6. The maximum atomic E-state index is 12.2. The van der Waals surface area contributed by atoms with Gasteiger partial charge in [-0.1, -0.05) is 11.6 Å². The van der Waals surface area contributed by atoms with Crippen molar-refractivity contribution in [3.05, 3.63) is 46.7 Å². The molecule has 0 unspecified atom stereocenters. The lowest BCUT2D eigenvalue weighted by molar-refractivity contribution is 0.102. The van der Waals surface area contributed by atoms with Gasteiger partial charge in [-0.05, 0) is 36.8 Å². The van der Waals surface area contributed by atoms with Crippen molar-refractivity contribution in [2.45, 2.75) is 6.92 Å². The fourth-order valence-electron chi connectivity index (χ4n) is 1.68. The number of carbonyl (C=O) groups is 1. The fourth-order valence-corrected chi connectivity index (χ4v) is 1.93. The molecule has 0 radical (unpaired) electrons. The van der Waals surface area contributed by atoms with E-state index in [-0.39, 0.29) is 16.5 Å². The third kappa shape index (κ3) is 2.83. The number of hydrogen-bond donors (Lipinski definition) is 2. The molecule has 0 fully saturated rings. The Bertz CT molecular complexity index is 639. The van der Waals surface area contributed by atoms with Gasteiger partial charge in [-0.3, -0.25) is 4.79 Å². The van der Waals surface area contributed by atoms with Crippen LogP contribution in [0, 0.1) is 6.92 Å². The minimum atomic E-state index is -0.487. The number of aromatic nitrogens is 1. The molecular formula is C14H13ClN2O3. The number of nitrogens with zero attached hydrogens (tertiary/aromatic N) is 1. The second-order valence-corrected chi connectivity index (χ2v) is 4.49. The summed E-state index contributed by atoms with van der Waals surface area (Å²) in [5.41, 5.74) is 1.30. The molecule has 1 amide bonds. The van der Waals surface area contributed by atoms with Crippen LogP contribution in [0.15, 0.2) is 30.5 Å². The number of benzene rings is 1. The lowest BCUT2D eigenvalue weighted by atomic mass is 10.1. The van der Waals surface area contributed by atoms with Crippen LogP contribution in [0.1, 0.15) is 15.9 Å². The van der Waals surface area contributed by atoms with Gasteiger partial charge in [-0.25, -0.2) is 4.98 Å². The van der Waals surface area contributed by atoms with Crippen LogP contribution in [-0.2, 0) is 0 Å². The number of pyridine rings is 1. The Morgan fingerprint density at radius 1 is 1.40 bits per heavy atom. The van der Waals surface area contributed by atoms with Gasteiger partial charge in [0.2, 0.25) is 0 Å². The van der Waals surface area contributed by atoms with E-state index in [1.807, 2.05) is 0 Å². The molecule has 2 aromatic rings. The van der Waals surface area contributed by atoms with E-state index in [9.17, 15) is 9.90 Å². The Kier molecular flexibility index (Phi) is 4.10. The van der Waals surface area contributed by atoms with Gasteiger partial charge in [0.25, 0.3) is 5.91 Å². The first kappa shape index (κ1) is 14.1. The van der Waals surface area contributed by atoms with Crippen LogP contribution in [0.25, 0.3) is 0 Å². The minimum Gasteiger partial charge on any atom is -0.507 e. The van der Waals surface area contributed by atoms with Gasteiger partial charge in [0.15, 0.2) is 5.15 Å². The predicted octanol–water partition coefficient (Wildman–Crippen LogP) is 3.01. The molecule has 0 atom stereocenters. The average molecular weight is 293 g/mol. The number of phenolic OH excluding ortho intramolecular Hbond substituents is 1. The molecule has 1 aromatic carbocycles. The number of amides is 1. The number of rotatable bonds is 3. The van der Waals surface area contributed by atoms with Crippen LogP contribution >= 0.6 is 11.6 Å². The number of halogens is 1. The highest BCUT2D eigenvalue weighted by Crippen LogP contribution is 2.27. The quantitative estimate of drug-likeness (QED) is 0.853. The first-order valence-corrected chi connectivity index (χ1v) is 6.20. The van der Waals surface area contributed by atoms with Crippen molar-refractivity contribution >= 4 is 23.2 Å². The van der Waals surface area contributed by atoms with E-state index in [2.05, 4.69) is 10.3 Å². The molecular weight excluding hydrogens is 280 g/mol. The number of hydrogen-bond acceptors (Lipinski definition) is 4. The molecule has 0 aliphatic carbocycles. The van der Waals surface area contributed by atoms with Crippen LogP contribution in [0.3, 0.4) is 0 Å². The van der Waals surface area contributed by atoms with Crippen molar-refractivity contribution in [3.8, 4) is 11.5 Å². The molecule has 1 aromatic heterocycles. The Labute approximate surface area is 121 Å². The summed E-state index contributed by atoms with van der Waals surface area (Å²) in [6, 6.07) is 6.14. The lowest BCUT2D eigenvalue weighted by Gasteiger charge is -2.11. The van der Waals surface area contributed by atoms with Crippen LogP contribution in [0.5, 0.6) is 11.5 Å². The molecule has 5 nitrogen and oxygen atoms in total. The molecule has 1 heterocycles. The lowest BCUT2D eigenvalue weighted by Crippen LogP contribution is -2.14. The maximum absolute atomic E-state index is 12.2. The first-order valence-electron chi connectivity index (χ1n) is 5.82. The number of aromatic hydroxyl groups is 1. The summed E-state index contributed by atoms with van der Waals surface area (Å²) in [6.45, 7) is 1.80. The summed E-state index contributed by atoms with van der Waals surface area (Å²) in [5.74, 6) is -0.151. The molecule has 0 aliphatic heterocycles. The minimum absolute atomic E-state index is 0.101. The van der Waals surface area contributed by atoms with E-state index >= 15 is 0 Å². The van der Waals surface area contributed by atoms with E-state index in [0.717, 1.165) is 5.56 Å². The number of ether oxygens (including phenoxy) is 1. The number of methoxy groups -OCH3 is 1. The third-order valence-electron chi connectivity index (χ3n) is 2.80. The molecule has 0 saturated heterocycles. The van der Waals surface area contributed by atoms with E-state index in [0.29, 0.717) is 11.4 Å². The van der Waals surface area contributed by atoms with Crippen LogP contribution in [0.4, 0.5) is 5.69 Å². The second-order valence-electron chi connectivity index (χ2n) is 4.13. The number of phenols is 1. The van der Waals surface area contributed by atoms with E-state index in [4.69, 9.17) is 16.3 Å². The van der Waals surface area contributed by atoms with Crippen molar-refractivity contribution in [1.29, 1.82) is 0 Å². The second kappa shape index (κ2) is 5.79. The SMILES string of the molecule is COc1ccc(O)c(C(=O)Nc2c(C)ccnc2Cl)c1. The van der Waals surface area contributed by atoms with Crippen LogP contribution in [0.2, 0.25) is 5.15 Å². The monoisotopic (exact) mass is 292 g/mol. The van der Waals surface area contributed by atoms with Gasteiger partial charge in [-0.15, -0.1) is 0 Å². The molecule has 6 heteroatoms. The smallest absolute Gasteiger partial charge is 0.259 e. The predicted molar refractivity (Wildman–Crippen MR) is 76.6 cm³/mol. The Morgan fingerprint density at radius 2 is 2.15 bits per heavy atom. The fraction of sp³-hybridized carbons (Fsp3) is 0.143. The van der Waals surface area contributed by atoms with Gasteiger partial charge < -0.3 is 15.2 Å². The van der Waals surface area contributed by atoms with Crippen molar-refractivity contribution in [2.24, 2.45) is 0 Å². The largest absolute Gasteiger partial charge is 0.507 e. The molecule has 20 heavy (non-hydrogen) atoms.